The third-order valence-corrected chi connectivity index (χ3v) is 6.04. The van der Waals surface area contributed by atoms with Crippen molar-refractivity contribution in [2.75, 3.05) is 46.6 Å². The van der Waals surface area contributed by atoms with Crippen LogP contribution >= 0.6 is 11.6 Å². The summed E-state index contributed by atoms with van der Waals surface area (Å²) in [6.45, 7) is 4.40. The fourth-order valence-electron chi connectivity index (χ4n) is 3.85. The summed E-state index contributed by atoms with van der Waals surface area (Å²) < 4.78 is 10.9. The van der Waals surface area contributed by atoms with Crippen LogP contribution in [0.2, 0.25) is 5.02 Å². The summed E-state index contributed by atoms with van der Waals surface area (Å²) in [5.41, 5.74) is 1.88. The highest BCUT2D eigenvalue weighted by atomic mass is 35.5. The van der Waals surface area contributed by atoms with Crippen LogP contribution in [0, 0.1) is 0 Å². The number of carbonyl (C=O) groups excluding carboxylic acids is 2. The molecule has 170 valence electrons. The minimum atomic E-state index is -0.664. The van der Waals surface area contributed by atoms with Gasteiger partial charge in [0.25, 0.3) is 0 Å². The van der Waals surface area contributed by atoms with Crippen LogP contribution in [0.4, 0.5) is 0 Å². The number of ether oxygens (including phenoxy) is 2. The molecule has 8 nitrogen and oxygen atoms in total. The van der Waals surface area contributed by atoms with Crippen LogP contribution in [0.1, 0.15) is 17.2 Å². The van der Waals surface area contributed by atoms with Gasteiger partial charge in [0.05, 0.1) is 6.04 Å². The van der Waals surface area contributed by atoms with Crippen molar-refractivity contribution in [1.29, 1.82) is 0 Å². The standard InChI is InChI=1S/C23H27ClN4O4/c1-27-8-10-28(11-9-27)19(17-4-7-20-21(12-17)32-15-31-20)14-26-23(30)22(29)25-13-16-2-5-18(24)6-3-16/h2-7,12,19H,8-11,13-15H2,1H3,(H,25,29)(H,26,30)/t19-/m0/s1. The summed E-state index contributed by atoms with van der Waals surface area (Å²) in [7, 11) is 2.10. The second-order valence-corrected chi connectivity index (χ2v) is 8.42. The molecule has 0 saturated carbocycles. The topological polar surface area (TPSA) is 83.1 Å². The number of nitrogens with one attached hydrogen (secondary N) is 2. The molecule has 1 fully saturated rings. The molecule has 2 aliphatic heterocycles. The Morgan fingerprint density at radius 2 is 1.66 bits per heavy atom. The third-order valence-electron chi connectivity index (χ3n) is 5.79. The average molecular weight is 459 g/mol. The quantitative estimate of drug-likeness (QED) is 0.642. The first kappa shape index (κ1) is 22.4. The number of piperazine rings is 1. The van der Waals surface area contributed by atoms with E-state index in [0.717, 1.165) is 43.1 Å². The molecular weight excluding hydrogens is 432 g/mol. The summed E-state index contributed by atoms with van der Waals surface area (Å²) in [4.78, 5) is 29.4. The Morgan fingerprint density at radius 1 is 0.969 bits per heavy atom. The number of amides is 2. The van der Waals surface area contributed by atoms with Crippen LogP contribution in [-0.2, 0) is 16.1 Å². The number of nitrogens with zero attached hydrogens (tertiary/aromatic N) is 2. The van der Waals surface area contributed by atoms with Crippen molar-refractivity contribution < 1.29 is 19.1 Å². The molecule has 2 aromatic rings. The molecule has 0 aliphatic carbocycles. The van der Waals surface area contributed by atoms with Crippen LogP contribution in [0.5, 0.6) is 11.5 Å². The van der Waals surface area contributed by atoms with Crippen LogP contribution in [-0.4, -0.2) is 68.2 Å². The molecule has 0 aromatic heterocycles. The van der Waals surface area contributed by atoms with Crippen molar-refractivity contribution in [3.05, 3.63) is 58.6 Å². The summed E-state index contributed by atoms with van der Waals surface area (Å²) >= 11 is 5.88. The maximum Gasteiger partial charge on any atom is 0.309 e. The fourth-order valence-corrected chi connectivity index (χ4v) is 3.97. The Bertz CT molecular complexity index is 961. The molecule has 0 unspecified atom stereocenters. The van der Waals surface area contributed by atoms with Gasteiger partial charge in [0.2, 0.25) is 6.79 Å². The number of rotatable bonds is 6. The second kappa shape index (κ2) is 10.2. The van der Waals surface area contributed by atoms with Gasteiger partial charge in [0, 0.05) is 44.3 Å². The first-order valence-electron chi connectivity index (χ1n) is 10.6. The zero-order valence-corrected chi connectivity index (χ0v) is 18.7. The van der Waals surface area contributed by atoms with E-state index >= 15 is 0 Å². The normalized spacial score (nSPS) is 17.1. The molecule has 32 heavy (non-hydrogen) atoms. The van der Waals surface area contributed by atoms with E-state index in [9.17, 15) is 9.59 Å². The van der Waals surface area contributed by atoms with E-state index in [4.69, 9.17) is 21.1 Å². The maximum atomic E-state index is 12.5. The van der Waals surface area contributed by atoms with Gasteiger partial charge in [-0.05, 0) is 42.4 Å². The number of likely N-dealkylation sites (N-methyl/N-ethyl adjacent to an activating group) is 1. The van der Waals surface area contributed by atoms with E-state index < -0.39 is 11.8 Å². The Balaban J connectivity index is 1.38. The minimum absolute atomic E-state index is 0.0776. The monoisotopic (exact) mass is 458 g/mol. The van der Waals surface area contributed by atoms with Crippen molar-refractivity contribution >= 4 is 23.4 Å². The molecule has 2 heterocycles. The fraction of sp³-hybridized carbons (Fsp3) is 0.391. The highest BCUT2D eigenvalue weighted by Crippen LogP contribution is 2.35. The predicted octanol–water partition coefficient (Wildman–Crippen LogP) is 1.79. The molecule has 0 spiro atoms. The van der Waals surface area contributed by atoms with Gasteiger partial charge in [0.1, 0.15) is 0 Å². The van der Waals surface area contributed by atoms with Crippen LogP contribution in [0.15, 0.2) is 42.5 Å². The molecule has 2 amide bonds. The van der Waals surface area contributed by atoms with E-state index in [1.807, 2.05) is 30.3 Å². The molecule has 2 aliphatic rings. The molecule has 9 heteroatoms. The summed E-state index contributed by atoms with van der Waals surface area (Å²) in [5.74, 6) is 0.103. The third kappa shape index (κ3) is 5.51. The van der Waals surface area contributed by atoms with Gasteiger partial charge in [0.15, 0.2) is 11.5 Å². The number of halogens is 1. The highest BCUT2D eigenvalue weighted by Gasteiger charge is 2.27. The van der Waals surface area contributed by atoms with Crippen molar-refractivity contribution in [1.82, 2.24) is 20.4 Å². The lowest BCUT2D eigenvalue weighted by Crippen LogP contribution is -2.49. The number of hydrogen-bond acceptors (Lipinski definition) is 6. The van der Waals surface area contributed by atoms with E-state index in [0.29, 0.717) is 17.3 Å². The summed E-state index contributed by atoms with van der Waals surface area (Å²) in [5, 5.41) is 6.07. The first-order valence-corrected chi connectivity index (χ1v) is 11.0. The minimum Gasteiger partial charge on any atom is -0.454 e. The number of hydrogen-bond donors (Lipinski definition) is 2. The summed E-state index contributed by atoms with van der Waals surface area (Å²) in [6.07, 6.45) is 0. The van der Waals surface area contributed by atoms with Crippen LogP contribution < -0.4 is 20.1 Å². The first-order chi connectivity index (χ1) is 15.5. The lowest BCUT2D eigenvalue weighted by Gasteiger charge is -2.38. The molecular formula is C23H27ClN4O4. The van der Waals surface area contributed by atoms with Crippen molar-refractivity contribution in [3.8, 4) is 11.5 Å². The number of benzene rings is 2. The predicted molar refractivity (Wildman–Crippen MR) is 121 cm³/mol. The van der Waals surface area contributed by atoms with Crippen LogP contribution in [0.3, 0.4) is 0 Å². The van der Waals surface area contributed by atoms with Gasteiger partial charge in [-0.2, -0.15) is 0 Å². The lowest BCUT2D eigenvalue weighted by atomic mass is 10.0. The van der Waals surface area contributed by atoms with E-state index in [1.165, 1.54) is 0 Å². The zero-order valence-electron chi connectivity index (χ0n) is 18.0. The van der Waals surface area contributed by atoms with Gasteiger partial charge in [-0.1, -0.05) is 29.8 Å². The maximum absolute atomic E-state index is 12.5. The molecule has 0 radical (unpaired) electrons. The average Bonchev–Trinajstić information content (AvgIpc) is 3.27. The lowest BCUT2D eigenvalue weighted by molar-refractivity contribution is -0.139. The van der Waals surface area contributed by atoms with Gasteiger partial charge < -0.3 is 25.0 Å². The van der Waals surface area contributed by atoms with E-state index in [2.05, 4.69) is 27.5 Å². The molecule has 1 atom stereocenters. The Labute approximate surface area is 192 Å². The smallest absolute Gasteiger partial charge is 0.309 e. The van der Waals surface area contributed by atoms with Crippen molar-refractivity contribution in [2.45, 2.75) is 12.6 Å². The zero-order chi connectivity index (χ0) is 22.5. The van der Waals surface area contributed by atoms with E-state index in [-0.39, 0.29) is 19.4 Å². The highest BCUT2D eigenvalue weighted by molar-refractivity contribution is 6.35. The van der Waals surface area contributed by atoms with Crippen molar-refractivity contribution in [2.24, 2.45) is 0 Å². The van der Waals surface area contributed by atoms with Gasteiger partial charge >= 0.3 is 11.8 Å². The molecule has 4 rings (SSSR count). The van der Waals surface area contributed by atoms with Gasteiger partial charge in [-0.3, -0.25) is 14.5 Å². The van der Waals surface area contributed by atoms with Crippen molar-refractivity contribution in [3.63, 3.8) is 0 Å². The van der Waals surface area contributed by atoms with Crippen LogP contribution in [0.25, 0.3) is 0 Å². The van der Waals surface area contributed by atoms with E-state index in [1.54, 1.807) is 12.1 Å². The Hall–Kier alpha value is -2.81. The SMILES string of the molecule is CN1CCN([C@@H](CNC(=O)C(=O)NCc2ccc(Cl)cc2)c2ccc3c(c2)OCO3)CC1. The van der Waals surface area contributed by atoms with Gasteiger partial charge in [-0.15, -0.1) is 0 Å². The molecule has 0 bridgehead atoms. The molecule has 2 N–H and O–H groups in total. The second-order valence-electron chi connectivity index (χ2n) is 7.99. The summed E-state index contributed by atoms with van der Waals surface area (Å²) in [6, 6.07) is 12.9. The Kier molecular flexibility index (Phi) is 7.14. The largest absolute Gasteiger partial charge is 0.454 e. The Morgan fingerprint density at radius 3 is 2.41 bits per heavy atom. The number of fused-ring (bicyclic) bond motifs is 1. The molecule has 1 saturated heterocycles. The number of carbonyl (C=O) groups is 2. The van der Waals surface area contributed by atoms with Gasteiger partial charge in [-0.25, -0.2) is 0 Å². The molecule has 2 aromatic carbocycles.